The van der Waals surface area contributed by atoms with Crippen LogP contribution in [-0.2, 0) is 12.0 Å². The van der Waals surface area contributed by atoms with Crippen molar-refractivity contribution in [3.63, 3.8) is 0 Å². The van der Waals surface area contributed by atoms with Gasteiger partial charge in [0.05, 0.1) is 10.5 Å². The van der Waals surface area contributed by atoms with Gasteiger partial charge in [0.25, 0.3) is 5.69 Å². The van der Waals surface area contributed by atoms with E-state index in [2.05, 4.69) is 0 Å². The molecule has 0 saturated heterocycles. The van der Waals surface area contributed by atoms with E-state index in [0.29, 0.717) is 6.42 Å². The second-order valence-electron chi connectivity index (χ2n) is 4.74. The summed E-state index contributed by atoms with van der Waals surface area (Å²) in [6.45, 7) is 1.74. The number of hydrogen-bond donors (Lipinski definition) is 1. The zero-order valence-electron chi connectivity index (χ0n) is 10.6. The number of hydrogen-bond acceptors (Lipinski definition) is 3. The Labute approximate surface area is 111 Å². The quantitative estimate of drug-likeness (QED) is 0.676. The maximum atomic E-state index is 10.6. The Bertz CT molecular complexity index is 562. The van der Waals surface area contributed by atoms with Crippen molar-refractivity contribution in [2.24, 2.45) is 0 Å². The third-order valence-electron chi connectivity index (χ3n) is 3.09. The normalized spacial score (nSPS) is 13.8. The fourth-order valence-electron chi connectivity index (χ4n) is 2.03. The fraction of sp³-hybridized carbons (Fsp3) is 0.200. The smallest absolute Gasteiger partial charge is 0.269 e. The molecule has 0 spiro atoms. The second-order valence-corrected chi connectivity index (χ2v) is 4.74. The molecular weight excluding hydrogens is 242 g/mol. The van der Waals surface area contributed by atoms with E-state index < -0.39 is 10.5 Å². The molecule has 0 aromatic heterocycles. The maximum Gasteiger partial charge on any atom is 0.269 e. The highest BCUT2D eigenvalue weighted by molar-refractivity contribution is 5.34. The van der Waals surface area contributed by atoms with Gasteiger partial charge in [-0.2, -0.15) is 0 Å². The van der Waals surface area contributed by atoms with Crippen LogP contribution in [0.4, 0.5) is 5.69 Å². The molecule has 2 rings (SSSR count). The summed E-state index contributed by atoms with van der Waals surface area (Å²) < 4.78 is 0. The van der Waals surface area contributed by atoms with Gasteiger partial charge >= 0.3 is 0 Å². The Balaban J connectivity index is 2.18. The Hall–Kier alpha value is -2.20. The van der Waals surface area contributed by atoms with E-state index in [1.807, 2.05) is 30.3 Å². The van der Waals surface area contributed by atoms with Crippen molar-refractivity contribution in [3.8, 4) is 0 Å². The molecule has 0 heterocycles. The Kier molecular flexibility index (Phi) is 3.62. The molecule has 0 aliphatic carbocycles. The number of nitro benzene ring substituents is 1. The van der Waals surface area contributed by atoms with Gasteiger partial charge in [0.2, 0.25) is 0 Å². The monoisotopic (exact) mass is 257 g/mol. The minimum absolute atomic E-state index is 0.0584. The van der Waals surface area contributed by atoms with Crippen molar-refractivity contribution in [1.29, 1.82) is 0 Å². The van der Waals surface area contributed by atoms with E-state index in [0.717, 1.165) is 11.1 Å². The van der Waals surface area contributed by atoms with Crippen molar-refractivity contribution >= 4 is 5.69 Å². The van der Waals surface area contributed by atoms with Crippen LogP contribution in [0.1, 0.15) is 18.1 Å². The molecule has 98 valence electrons. The lowest BCUT2D eigenvalue weighted by Gasteiger charge is -2.23. The van der Waals surface area contributed by atoms with Crippen molar-refractivity contribution in [2.45, 2.75) is 18.9 Å². The summed E-state index contributed by atoms with van der Waals surface area (Å²) in [7, 11) is 0. The van der Waals surface area contributed by atoms with Crippen LogP contribution in [0.3, 0.4) is 0 Å². The molecule has 0 saturated carbocycles. The second kappa shape index (κ2) is 5.20. The van der Waals surface area contributed by atoms with Gasteiger partial charge in [-0.3, -0.25) is 10.1 Å². The average molecular weight is 257 g/mol. The molecule has 1 N–H and O–H groups in total. The molecule has 0 aliphatic heterocycles. The van der Waals surface area contributed by atoms with E-state index in [9.17, 15) is 15.2 Å². The Morgan fingerprint density at radius 3 is 2.21 bits per heavy atom. The summed E-state index contributed by atoms with van der Waals surface area (Å²) in [6.07, 6.45) is 0.412. The first-order valence-electron chi connectivity index (χ1n) is 6.00. The first-order chi connectivity index (χ1) is 8.99. The number of nitro groups is 1. The lowest BCUT2D eigenvalue weighted by atomic mass is 9.89. The van der Waals surface area contributed by atoms with Crippen molar-refractivity contribution < 1.29 is 10.0 Å². The van der Waals surface area contributed by atoms with Crippen LogP contribution in [0.5, 0.6) is 0 Å². The predicted octanol–water partition coefficient (Wildman–Crippen LogP) is 3.05. The van der Waals surface area contributed by atoms with E-state index in [1.54, 1.807) is 19.1 Å². The molecule has 19 heavy (non-hydrogen) atoms. The molecule has 0 aliphatic rings. The number of benzene rings is 2. The highest BCUT2D eigenvalue weighted by Gasteiger charge is 2.23. The lowest BCUT2D eigenvalue weighted by molar-refractivity contribution is -0.384. The molecule has 4 heteroatoms. The van der Waals surface area contributed by atoms with Crippen LogP contribution in [0, 0.1) is 10.1 Å². The van der Waals surface area contributed by atoms with Gasteiger partial charge in [0.15, 0.2) is 0 Å². The summed E-state index contributed by atoms with van der Waals surface area (Å²) >= 11 is 0. The summed E-state index contributed by atoms with van der Waals surface area (Å²) in [4.78, 5) is 10.1. The number of nitrogens with zero attached hydrogens (tertiary/aromatic N) is 1. The lowest BCUT2D eigenvalue weighted by Crippen LogP contribution is -2.24. The zero-order chi connectivity index (χ0) is 13.9. The van der Waals surface area contributed by atoms with Crippen LogP contribution in [0.2, 0.25) is 0 Å². The highest BCUT2D eigenvalue weighted by Crippen LogP contribution is 2.25. The minimum Gasteiger partial charge on any atom is -0.385 e. The van der Waals surface area contributed by atoms with Gasteiger partial charge in [-0.25, -0.2) is 0 Å². The molecule has 4 nitrogen and oxygen atoms in total. The molecule has 0 radical (unpaired) electrons. The summed E-state index contributed by atoms with van der Waals surface area (Å²) in [5.41, 5.74) is 0.758. The van der Waals surface area contributed by atoms with Crippen LogP contribution in [-0.4, -0.2) is 10.0 Å². The minimum atomic E-state index is -0.989. The van der Waals surface area contributed by atoms with E-state index in [-0.39, 0.29) is 5.69 Å². The van der Waals surface area contributed by atoms with Gasteiger partial charge in [0, 0.05) is 18.6 Å². The van der Waals surface area contributed by atoms with Crippen LogP contribution >= 0.6 is 0 Å². The first-order valence-corrected chi connectivity index (χ1v) is 6.00. The molecule has 0 amide bonds. The molecular formula is C15H15NO3. The summed E-state index contributed by atoms with van der Waals surface area (Å²) in [5, 5.41) is 21.1. The van der Waals surface area contributed by atoms with Crippen LogP contribution in [0.15, 0.2) is 54.6 Å². The molecule has 0 bridgehead atoms. The van der Waals surface area contributed by atoms with E-state index in [4.69, 9.17) is 0 Å². The first kappa shape index (κ1) is 13.2. The Morgan fingerprint density at radius 2 is 1.68 bits per heavy atom. The van der Waals surface area contributed by atoms with Crippen LogP contribution < -0.4 is 0 Å². The molecule has 1 atom stereocenters. The van der Waals surface area contributed by atoms with Crippen molar-refractivity contribution in [3.05, 3.63) is 75.8 Å². The van der Waals surface area contributed by atoms with Crippen LogP contribution in [0.25, 0.3) is 0 Å². The fourth-order valence-corrected chi connectivity index (χ4v) is 2.03. The number of rotatable bonds is 4. The van der Waals surface area contributed by atoms with E-state index in [1.165, 1.54) is 12.1 Å². The third-order valence-corrected chi connectivity index (χ3v) is 3.09. The highest BCUT2D eigenvalue weighted by atomic mass is 16.6. The van der Waals surface area contributed by atoms with E-state index >= 15 is 0 Å². The van der Waals surface area contributed by atoms with Gasteiger partial charge in [-0.15, -0.1) is 0 Å². The summed E-state index contributed by atoms with van der Waals surface area (Å²) in [5.74, 6) is 0. The van der Waals surface area contributed by atoms with Gasteiger partial charge in [0.1, 0.15) is 0 Å². The molecule has 1 unspecified atom stereocenters. The van der Waals surface area contributed by atoms with Crippen molar-refractivity contribution in [2.75, 3.05) is 0 Å². The largest absolute Gasteiger partial charge is 0.385 e. The predicted molar refractivity (Wildman–Crippen MR) is 72.8 cm³/mol. The topological polar surface area (TPSA) is 63.4 Å². The molecule has 2 aromatic rings. The summed E-state index contributed by atoms with van der Waals surface area (Å²) in [6, 6.07) is 15.6. The zero-order valence-corrected chi connectivity index (χ0v) is 10.6. The van der Waals surface area contributed by atoms with Gasteiger partial charge in [-0.1, -0.05) is 42.5 Å². The SMILES string of the molecule is CC(O)(Cc1ccc([N+](=O)[O-])cc1)c1ccccc1. The number of aliphatic hydroxyl groups is 1. The van der Waals surface area contributed by atoms with Crippen molar-refractivity contribution in [1.82, 2.24) is 0 Å². The standard InChI is InChI=1S/C15H15NO3/c1-15(17,13-5-3-2-4-6-13)11-12-7-9-14(10-8-12)16(18)19/h2-10,17H,11H2,1H3. The molecule has 0 fully saturated rings. The maximum absolute atomic E-state index is 10.6. The third kappa shape index (κ3) is 3.17. The van der Waals surface area contributed by atoms with Gasteiger partial charge in [-0.05, 0) is 18.1 Å². The Morgan fingerprint density at radius 1 is 1.11 bits per heavy atom. The van der Waals surface area contributed by atoms with Gasteiger partial charge < -0.3 is 5.11 Å². The average Bonchev–Trinajstić information content (AvgIpc) is 2.40. The molecule has 2 aromatic carbocycles. The number of non-ortho nitro benzene ring substituents is 1.